The van der Waals surface area contributed by atoms with Crippen molar-refractivity contribution >= 4 is 0 Å². The summed E-state index contributed by atoms with van der Waals surface area (Å²) in [7, 11) is 0. The molecule has 0 aromatic carbocycles. The molecule has 2 heteroatoms. The summed E-state index contributed by atoms with van der Waals surface area (Å²) in [5, 5.41) is 12.7. The van der Waals surface area contributed by atoms with E-state index in [-0.39, 0.29) is 11.6 Å². The zero-order valence-electron chi connectivity index (χ0n) is 7.72. The second-order valence-corrected chi connectivity index (χ2v) is 4.15. The minimum atomic E-state index is -0.123. The van der Waals surface area contributed by atoms with Gasteiger partial charge in [0.25, 0.3) is 0 Å². The summed E-state index contributed by atoms with van der Waals surface area (Å²) in [5.74, 6) is 0.648. The first-order valence-electron chi connectivity index (χ1n) is 4.48. The fraction of sp³-hybridized carbons (Fsp3) is 1.00. The van der Waals surface area contributed by atoms with E-state index in [0.717, 1.165) is 19.4 Å². The average Bonchev–Trinajstić information content (AvgIpc) is 1.95. The van der Waals surface area contributed by atoms with Crippen molar-refractivity contribution in [1.82, 2.24) is 5.32 Å². The summed E-state index contributed by atoms with van der Waals surface area (Å²) in [4.78, 5) is 0. The molecule has 0 aromatic heterocycles. The standard InChI is InChI=1S/C9H19NO/c1-7(2)9(3)5-4-8(11)6-10-9/h7-8,10-11H,4-6H2,1-3H3/t8-,9+/m0/s1. The van der Waals surface area contributed by atoms with Gasteiger partial charge in [-0.1, -0.05) is 13.8 Å². The SMILES string of the molecule is CC(C)[C@@]1(C)CC[C@H](O)CN1. The van der Waals surface area contributed by atoms with Crippen LogP contribution < -0.4 is 5.32 Å². The fourth-order valence-electron chi connectivity index (χ4n) is 1.50. The van der Waals surface area contributed by atoms with Crippen molar-refractivity contribution in [2.45, 2.75) is 45.3 Å². The maximum Gasteiger partial charge on any atom is 0.0665 e. The van der Waals surface area contributed by atoms with Gasteiger partial charge in [-0.25, -0.2) is 0 Å². The average molecular weight is 157 g/mol. The lowest BCUT2D eigenvalue weighted by Gasteiger charge is -2.40. The number of piperidine rings is 1. The highest BCUT2D eigenvalue weighted by Crippen LogP contribution is 2.26. The first kappa shape index (κ1) is 9.01. The van der Waals surface area contributed by atoms with Gasteiger partial charge in [-0.15, -0.1) is 0 Å². The van der Waals surface area contributed by atoms with E-state index in [1.54, 1.807) is 0 Å². The van der Waals surface area contributed by atoms with Crippen LogP contribution in [-0.2, 0) is 0 Å². The maximum atomic E-state index is 9.26. The van der Waals surface area contributed by atoms with Crippen molar-refractivity contribution in [2.24, 2.45) is 5.92 Å². The van der Waals surface area contributed by atoms with Crippen LogP contribution >= 0.6 is 0 Å². The minimum Gasteiger partial charge on any atom is -0.392 e. The Labute approximate surface area is 69.0 Å². The fourth-order valence-corrected chi connectivity index (χ4v) is 1.50. The van der Waals surface area contributed by atoms with E-state index in [1.807, 2.05) is 0 Å². The van der Waals surface area contributed by atoms with Crippen molar-refractivity contribution < 1.29 is 5.11 Å². The summed E-state index contributed by atoms with van der Waals surface area (Å²) in [6.45, 7) is 7.45. The molecule has 1 heterocycles. The summed E-state index contributed by atoms with van der Waals surface area (Å²) < 4.78 is 0. The molecular formula is C9H19NO. The Kier molecular flexibility index (Phi) is 2.55. The Morgan fingerprint density at radius 1 is 1.55 bits per heavy atom. The predicted octanol–water partition coefficient (Wildman–Crippen LogP) is 1.15. The van der Waals surface area contributed by atoms with Crippen molar-refractivity contribution in [3.8, 4) is 0 Å². The van der Waals surface area contributed by atoms with Gasteiger partial charge >= 0.3 is 0 Å². The van der Waals surface area contributed by atoms with Gasteiger partial charge in [0.05, 0.1) is 6.10 Å². The van der Waals surface area contributed by atoms with E-state index in [9.17, 15) is 5.11 Å². The molecule has 1 aliphatic heterocycles. The third-order valence-electron chi connectivity index (χ3n) is 3.01. The van der Waals surface area contributed by atoms with E-state index in [0.29, 0.717) is 5.92 Å². The van der Waals surface area contributed by atoms with Crippen LogP contribution in [-0.4, -0.2) is 23.3 Å². The summed E-state index contributed by atoms with van der Waals surface area (Å²) >= 11 is 0. The van der Waals surface area contributed by atoms with Crippen LogP contribution in [0.1, 0.15) is 33.6 Å². The van der Waals surface area contributed by atoms with Crippen LogP contribution in [0.2, 0.25) is 0 Å². The molecule has 0 aromatic rings. The third kappa shape index (κ3) is 1.94. The highest BCUT2D eigenvalue weighted by Gasteiger charge is 2.32. The normalized spacial score (nSPS) is 39.5. The Morgan fingerprint density at radius 2 is 2.18 bits per heavy atom. The quantitative estimate of drug-likeness (QED) is 0.598. The second kappa shape index (κ2) is 3.11. The number of β-amino-alcohol motifs (C(OH)–C–C–N with tert-alkyl or cyclic N) is 1. The molecule has 1 aliphatic rings. The largest absolute Gasteiger partial charge is 0.392 e. The van der Waals surface area contributed by atoms with Crippen molar-refractivity contribution in [3.05, 3.63) is 0 Å². The van der Waals surface area contributed by atoms with Crippen molar-refractivity contribution in [1.29, 1.82) is 0 Å². The molecule has 0 saturated carbocycles. The maximum absolute atomic E-state index is 9.26. The van der Waals surface area contributed by atoms with Gasteiger partial charge in [0.15, 0.2) is 0 Å². The molecule has 0 amide bonds. The highest BCUT2D eigenvalue weighted by molar-refractivity contribution is 4.91. The van der Waals surface area contributed by atoms with E-state index in [1.165, 1.54) is 0 Å². The molecule has 1 fully saturated rings. The molecule has 0 aliphatic carbocycles. The number of aliphatic hydroxyl groups is 1. The van der Waals surface area contributed by atoms with Crippen LogP contribution in [0, 0.1) is 5.92 Å². The molecule has 0 radical (unpaired) electrons. The van der Waals surface area contributed by atoms with Crippen LogP contribution in [0.15, 0.2) is 0 Å². The lowest BCUT2D eigenvalue weighted by molar-refractivity contribution is 0.0809. The monoisotopic (exact) mass is 157 g/mol. The van der Waals surface area contributed by atoms with Gasteiger partial charge in [-0.2, -0.15) is 0 Å². The lowest BCUT2D eigenvalue weighted by Crippen LogP contribution is -2.53. The van der Waals surface area contributed by atoms with Crippen molar-refractivity contribution in [3.63, 3.8) is 0 Å². The summed E-state index contributed by atoms with van der Waals surface area (Å²) in [6.07, 6.45) is 1.91. The summed E-state index contributed by atoms with van der Waals surface area (Å²) in [5.41, 5.74) is 0.249. The van der Waals surface area contributed by atoms with Crippen LogP contribution in [0.25, 0.3) is 0 Å². The van der Waals surface area contributed by atoms with E-state index in [4.69, 9.17) is 0 Å². The van der Waals surface area contributed by atoms with Crippen LogP contribution in [0.4, 0.5) is 0 Å². The molecular weight excluding hydrogens is 138 g/mol. The van der Waals surface area contributed by atoms with Gasteiger partial charge in [0.1, 0.15) is 0 Å². The first-order chi connectivity index (χ1) is 5.04. The Bertz CT molecular complexity index is 126. The molecule has 2 nitrogen and oxygen atoms in total. The minimum absolute atomic E-state index is 0.123. The molecule has 2 N–H and O–H groups in total. The zero-order chi connectivity index (χ0) is 8.48. The van der Waals surface area contributed by atoms with Crippen LogP contribution in [0.5, 0.6) is 0 Å². The second-order valence-electron chi connectivity index (χ2n) is 4.15. The number of aliphatic hydroxyl groups excluding tert-OH is 1. The molecule has 1 saturated heterocycles. The van der Waals surface area contributed by atoms with E-state index >= 15 is 0 Å². The van der Waals surface area contributed by atoms with Gasteiger partial charge < -0.3 is 10.4 Å². The van der Waals surface area contributed by atoms with Gasteiger partial charge in [0.2, 0.25) is 0 Å². The number of hydrogen-bond acceptors (Lipinski definition) is 2. The Morgan fingerprint density at radius 3 is 2.55 bits per heavy atom. The smallest absolute Gasteiger partial charge is 0.0665 e. The third-order valence-corrected chi connectivity index (χ3v) is 3.01. The zero-order valence-corrected chi connectivity index (χ0v) is 7.72. The Balaban J connectivity index is 2.48. The van der Waals surface area contributed by atoms with E-state index < -0.39 is 0 Å². The molecule has 11 heavy (non-hydrogen) atoms. The number of hydrogen-bond donors (Lipinski definition) is 2. The molecule has 66 valence electrons. The van der Waals surface area contributed by atoms with E-state index in [2.05, 4.69) is 26.1 Å². The lowest BCUT2D eigenvalue weighted by atomic mass is 9.81. The Hall–Kier alpha value is -0.0800. The van der Waals surface area contributed by atoms with Gasteiger partial charge in [0, 0.05) is 12.1 Å². The number of nitrogens with one attached hydrogen (secondary N) is 1. The highest BCUT2D eigenvalue weighted by atomic mass is 16.3. The molecule has 1 rings (SSSR count). The predicted molar refractivity (Wildman–Crippen MR) is 46.5 cm³/mol. The molecule has 0 bridgehead atoms. The molecule has 2 atom stereocenters. The van der Waals surface area contributed by atoms with Crippen LogP contribution in [0.3, 0.4) is 0 Å². The van der Waals surface area contributed by atoms with Crippen molar-refractivity contribution in [2.75, 3.05) is 6.54 Å². The first-order valence-corrected chi connectivity index (χ1v) is 4.48. The molecule has 0 unspecified atom stereocenters. The van der Waals surface area contributed by atoms with Gasteiger partial charge in [-0.3, -0.25) is 0 Å². The summed E-state index contributed by atoms with van der Waals surface area (Å²) in [6, 6.07) is 0. The van der Waals surface area contributed by atoms with Gasteiger partial charge in [-0.05, 0) is 25.7 Å². The molecule has 0 spiro atoms. The topological polar surface area (TPSA) is 32.3 Å². The number of rotatable bonds is 1.